The standard InChI is InChI=1S/C18H34NO3/c1-15(2)17(11-7-5-8-12-17)21-19(20)22-18(16(3)4)13-9-6-10-14-18/h15-16H,5-14H2,1-4H3/q+1. The Morgan fingerprint density at radius 2 is 1.00 bits per heavy atom. The Morgan fingerprint density at radius 1 is 0.682 bits per heavy atom. The zero-order valence-electron chi connectivity index (χ0n) is 14.9. The van der Waals surface area contributed by atoms with Gasteiger partial charge in [-0.3, -0.25) is 0 Å². The van der Waals surface area contributed by atoms with Crippen molar-refractivity contribution in [3.05, 3.63) is 4.91 Å². The molecule has 22 heavy (non-hydrogen) atoms. The topological polar surface area (TPSA) is 38.5 Å². The molecule has 2 saturated carbocycles. The summed E-state index contributed by atoms with van der Waals surface area (Å²) in [6, 6.07) is 0. The van der Waals surface area contributed by atoms with Crippen LogP contribution in [0.4, 0.5) is 0 Å². The fourth-order valence-corrected chi connectivity index (χ4v) is 4.16. The van der Waals surface area contributed by atoms with Crippen molar-refractivity contribution in [3.63, 3.8) is 0 Å². The van der Waals surface area contributed by atoms with Crippen LogP contribution >= 0.6 is 0 Å². The molecule has 0 aromatic rings. The molecule has 0 heterocycles. The van der Waals surface area contributed by atoms with Gasteiger partial charge >= 0.3 is 5.09 Å². The molecule has 0 aliphatic heterocycles. The molecule has 2 fully saturated rings. The molecule has 0 saturated heterocycles. The van der Waals surface area contributed by atoms with Crippen LogP contribution in [0, 0.1) is 16.7 Å². The highest BCUT2D eigenvalue weighted by atomic mass is 17.0. The van der Waals surface area contributed by atoms with E-state index in [1.807, 2.05) is 0 Å². The van der Waals surface area contributed by atoms with Crippen LogP contribution in [-0.2, 0) is 9.68 Å². The number of rotatable bonds is 6. The first-order valence-corrected chi connectivity index (χ1v) is 9.26. The first-order valence-electron chi connectivity index (χ1n) is 9.26. The molecule has 2 aliphatic rings. The molecule has 0 bridgehead atoms. The number of nitrogens with zero attached hydrogens (tertiary/aromatic N) is 1. The van der Waals surface area contributed by atoms with E-state index >= 15 is 0 Å². The average molecular weight is 312 g/mol. The van der Waals surface area contributed by atoms with E-state index in [2.05, 4.69) is 27.7 Å². The van der Waals surface area contributed by atoms with Gasteiger partial charge in [-0.05, 0) is 51.4 Å². The van der Waals surface area contributed by atoms with Crippen molar-refractivity contribution in [1.82, 2.24) is 0 Å². The lowest BCUT2D eigenvalue weighted by atomic mass is 9.77. The minimum atomic E-state index is -0.340. The smallest absolute Gasteiger partial charge is 0.180 e. The lowest BCUT2D eigenvalue weighted by molar-refractivity contribution is -1.01. The van der Waals surface area contributed by atoms with Crippen molar-refractivity contribution in [2.45, 2.75) is 103 Å². The van der Waals surface area contributed by atoms with Crippen LogP contribution in [0.25, 0.3) is 0 Å². The molecule has 4 heteroatoms. The van der Waals surface area contributed by atoms with Gasteiger partial charge in [0.2, 0.25) is 0 Å². The van der Waals surface area contributed by atoms with E-state index < -0.39 is 0 Å². The molecule has 0 atom stereocenters. The van der Waals surface area contributed by atoms with E-state index in [-0.39, 0.29) is 11.2 Å². The van der Waals surface area contributed by atoms with E-state index in [1.165, 1.54) is 12.8 Å². The first kappa shape index (κ1) is 17.6. The Bertz CT molecular complexity index is 333. The molecule has 0 unspecified atom stereocenters. The van der Waals surface area contributed by atoms with Crippen LogP contribution in [0.15, 0.2) is 0 Å². The van der Waals surface area contributed by atoms with Gasteiger partial charge in [-0.2, -0.15) is 9.68 Å². The summed E-state index contributed by atoms with van der Waals surface area (Å²) >= 11 is 0. The summed E-state index contributed by atoms with van der Waals surface area (Å²) in [6.45, 7) is 8.60. The Kier molecular flexibility index (Phi) is 5.73. The van der Waals surface area contributed by atoms with Crippen LogP contribution in [-0.4, -0.2) is 16.3 Å². The van der Waals surface area contributed by atoms with Gasteiger partial charge in [-0.15, -0.1) is 0 Å². The predicted molar refractivity (Wildman–Crippen MR) is 87.1 cm³/mol. The SMILES string of the molecule is CC(C)C1(O[N+](=O)OC2(C(C)C)CCCCC2)CCCCC1. The third-order valence-electron chi connectivity index (χ3n) is 6.02. The van der Waals surface area contributed by atoms with Crippen molar-refractivity contribution < 1.29 is 14.8 Å². The molecular weight excluding hydrogens is 278 g/mol. The van der Waals surface area contributed by atoms with Crippen LogP contribution in [0.2, 0.25) is 0 Å². The molecular formula is C18H34NO3+. The second-order valence-electron chi connectivity index (χ2n) is 7.97. The summed E-state index contributed by atoms with van der Waals surface area (Å²) in [7, 11) is 0. The molecule has 2 rings (SSSR count). The summed E-state index contributed by atoms with van der Waals surface area (Å²) in [5.41, 5.74) is -0.681. The van der Waals surface area contributed by atoms with Crippen LogP contribution < -0.4 is 0 Å². The second-order valence-corrected chi connectivity index (χ2v) is 7.97. The maximum Gasteiger partial charge on any atom is 0.478 e. The van der Waals surface area contributed by atoms with E-state index in [0.717, 1.165) is 51.4 Å². The minimum absolute atomic E-state index is 0.328. The molecule has 0 aromatic heterocycles. The molecule has 0 aromatic carbocycles. The zero-order valence-corrected chi connectivity index (χ0v) is 14.9. The predicted octanol–water partition coefficient (Wildman–Crippen LogP) is 5.35. The van der Waals surface area contributed by atoms with Crippen molar-refractivity contribution in [1.29, 1.82) is 0 Å². The van der Waals surface area contributed by atoms with Crippen LogP contribution in [0.5, 0.6) is 0 Å². The second kappa shape index (κ2) is 7.18. The summed E-state index contributed by atoms with van der Waals surface area (Å²) < 4.78 is 0. The van der Waals surface area contributed by atoms with Gasteiger partial charge in [0, 0.05) is 11.8 Å². The molecule has 2 aliphatic carbocycles. The minimum Gasteiger partial charge on any atom is -0.180 e. The summed E-state index contributed by atoms with van der Waals surface area (Å²) in [4.78, 5) is 24.2. The van der Waals surface area contributed by atoms with Crippen LogP contribution in [0.3, 0.4) is 0 Å². The maximum atomic E-state index is 12.5. The molecule has 128 valence electrons. The summed E-state index contributed by atoms with van der Waals surface area (Å²) in [5.74, 6) is 0.656. The number of hydrogen-bond acceptors (Lipinski definition) is 3. The Balaban J connectivity index is 2.03. The Labute approximate surface area is 135 Å². The fraction of sp³-hybridized carbons (Fsp3) is 1.00. The van der Waals surface area contributed by atoms with Crippen LogP contribution in [0.1, 0.15) is 91.9 Å². The first-order chi connectivity index (χ1) is 10.4. The molecule has 0 spiro atoms. The van der Waals surface area contributed by atoms with E-state index in [4.69, 9.17) is 9.68 Å². The third-order valence-corrected chi connectivity index (χ3v) is 6.02. The van der Waals surface area contributed by atoms with Gasteiger partial charge in [0.05, 0.1) is 0 Å². The monoisotopic (exact) mass is 312 g/mol. The highest BCUT2D eigenvalue weighted by molar-refractivity contribution is 4.87. The normalized spacial score (nSPS) is 24.3. The summed E-state index contributed by atoms with van der Waals surface area (Å²) in [6.07, 6.45) is 10.9. The van der Waals surface area contributed by atoms with E-state index in [1.54, 1.807) is 0 Å². The highest BCUT2D eigenvalue weighted by Crippen LogP contribution is 2.41. The molecule has 0 amide bonds. The summed E-state index contributed by atoms with van der Waals surface area (Å²) in [5, 5.41) is 0.483. The van der Waals surface area contributed by atoms with Crippen molar-refractivity contribution in [2.75, 3.05) is 0 Å². The maximum absolute atomic E-state index is 12.5. The van der Waals surface area contributed by atoms with Crippen molar-refractivity contribution >= 4 is 0 Å². The average Bonchev–Trinajstić information content (AvgIpc) is 2.48. The Hall–Kier alpha value is -0.800. The lowest BCUT2D eigenvalue weighted by Gasteiger charge is -2.37. The third kappa shape index (κ3) is 3.75. The molecule has 4 nitrogen and oxygen atoms in total. The Morgan fingerprint density at radius 3 is 1.27 bits per heavy atom. The van der Waals surface area contributed by atoms with E-state index in [9.17, 15) is 4.91 Å². The van der Waals surface area contributed by atoms with Crippen molar-refractivity contribution in [2.24, 2.45) is 11.8 Å². The highest BCUT2D eigenvalue weighted by Gasteiger charge is 2.49. The van der Waals surface area contributed by atoms with Gasteiger partial charge in [-0.25, -0.2) is 0 Å². The van der Waals surface area contributed by atoms with Gasteiger partial charge < -0.3 is 0 Å². The fourth-order valence-electron chi connectivity index (χ4n) is 4.16. The van der Waals surface area contributed by atoms with Gasteiger partial charge in [-0.1, -0.05) is 40.5 Å². The number of hydrogen-bond donors (Lipinski definition) is 0. The molecule has 0 N–H and O–H groups in total. The van der Waals surface area contributed by atoms with Gasteiger partial charge in [0.15, 0.2) is 11.2 Å². The van der Waals surface area contributed by atoms with Gasteiger partial charge in [0.1, 0.15) is 4.91 Å². The molecule has 0 radical (unpaired) electrons. The quantitative estimate of drug-likeness (QED) is 0.621. The zero-order chi connectivity index (χ0) is 16.2. The van der Waals surface area contributed by atoms with Crippen molar-refractivity contribution in [3.8, 4) is 0 Å². The largest absolute Gasteiger partial charge is 0.478 e. The lowest BCUT2D eigenvalue weighted by Crippen LogP contribution is -2.47. The van der Waals surface area contributed by atoms with Gasteiger partial charge in [0.25, 0.3) is 0 Å². The van der Waals surface area contributed by atoms with E-state index in [0.29, 0.717) is 16.9 Å².